The van der Waals surface area contributed by atoms with E-state index in [0.717, 1.165) is 12.8 Å². The Labute approximate surface area is 240 Å². The van der Waals surface area contributed by atoms with E-state index >= 15 is 0 Å². The number of nitriles is 1. The van der Waals surface area contributed by atoms with E-state index in [9.17, 15) is 18.0 Å². The number of morpholine rings is 1. The lowest BCUT2D eigenvalue weighted by atomic mass is 9.89. The molecule has 5 rings (SSSR count). The largest absolute Gasteiger partial charge is 0.378 e. The highest BCUT2D eigenvalue weighted by Gasteiger charge is 2.26. The highest BCUT2D eigenvalue weighted by molar-refractivity contribution is 7.92. The van der Waals surface area contributed by atoms with Crippen molar-refractivity contribution in [3.63, 3.8) is 0 Å². The van der Waals surface area contributed by atoms with Gasteiger partial charge in [0.2, 0.25) is 0 Å². The first kappa shape index (κ1) is 28.3. The Morgan fingerprint density at radius 1 is 0.878 bits per heavy atom. The van der Waals surface area contributed by atoms with E-state index in [1.807, 2.05) is 24.3 Å². The molecule has 2 aliphatic heterocycles. The van der Waals surface area contributed by atoms with Gasteiger partial charge in [-0.1, -0.05) is 24.3 Å². The van der Waals surface area contributed by atoms with Gasteiger partial charge >= 0.3 is 0 Å². The second kappa shape index (κ2) is 12.1. The minimum Gasteiger partial charge on any atom is -0.378 e. The fourth-order valence-electron chi connectivity index (χ4n) is 5.24. The molecule has 3 aromatic rings. The number of piperidine rings is 1. The van der Waals surface area contributed by atoms with Crippen molar-refractivity contribution < 1.29 is 22.7 Å². The summed E-state index contributed by atoms with van der Waals surface area (Å²) in [5.41, 5.74) is 3.47. The van der Waals surface area contributed by atoms with Crippen molar-refractivity contribution in [1.29, 1.82) is 5.26 Å². The van der Waals surface area contributed by atoms with E-state index in [4.69, 9.17) is 10.00 Å². The zero-order valence-corrected chi connectivity index (χ0v) is 23.7. The molecular weight excluding hydrogens is 540 g/mol. The molecule has 3 aromatic carbocycles. The summed E-state index contributed by atoms with van der Waals surface area (Å²) < 4.78 is 34.6. The number of amides is 2. The van der Waals surface area contributed by atoms with Gasteiger partial charge in [0.05, 0.1) is 35.4 Å². The molecule has 0 aliphatic carbocycles. The fourth-order valence-corrected chi connectivity index (χ4v) is 6.41. The predicted octanol–water partition coefficient (Wildman–Crippen LogP) is 4.16. The average molecular weight is 573 g/mol. The van der Waals surface area contributed by atoms with Gasteiger partial charge in [-0.3, -0.25) is 14.3 Å². The SMILES string of the molecule is Cc1ccc(C(=O)N2CCC(c3ccc(C#N)cc3)CC2)cc1NS(=O)(=O)c1cccc(C(=O)N2CCOCC2)c1. The molecule has 212 valence electrons. The maximum absolute atomic E-state index is 13.4. The third-order valence-electron chi connectivity index (χ3n) is 7.71. The Kier molecular flexibility index (Phi) is 8.38. The van der Waals surface area contributed by atoms with Gasteiger partial charge < -0.3 is 14.5 Å². The summed E-state index contributed by atoms with van der Waals surface area (Å²) in [6, 6.07) is 20.7. The van der Waals surface area contributed by atoms with Crippen molar-refractivity contribution >= 4 is 27.5 Å². The van der Waals surface area contributed by atoms with E-state index < -0.39 is 10.0 Å². The van der Waals surface area contributed by atoms with Crippen molar-refractivity contribution in [1.82, 2.24) is 9.80 Å². The standard InChI is InChI=1S/C31H32N4O5S/c1-22-5-8-27(31(37)34-13-11-25(12-14-34)24-9-6-23(21-32)7-10-24)20-29(22)33-41(38,39)28-4-2-3-26(19-28)30(36)35-15-17-40-18-16-35/h2-10,19-20,25,33H,11-18H2,1H3. The van der Waals surface area contributed by atoms with Gasteiger partial charge in [-0.15, -0.1) is 0 Å². The Morgan fingerprint density at radius 3 is 2.17 bits per heavy atom. The predicted molar refractivity (Wildman–Crippen MR) is 154 cm³/mol. The highest BCUT2D eigenvalue weighted by Crippen LogP contribution is 2.30. The summed E-state index contributed by atoms with van der Waals surface area (Å²) in [5, 5.41) is 9.03. The van der Waals surface area contributed by atoms with Crippen LogP contribution in [0.3, 0.4) is 0 Å². The molecule has 9 nitrogen and oxygen atoms in total. The monoisotopic (exact) mass is 572 g/mol. The number of nitrogens with one attached hydrogen (secondary N) is 1. The lowest BCUT2D eigenvalue weighted by molar-refractivity contribution is 0.0302. The third kappa shape index (κ3) is 6.42. The molecular formula is C31H32N4O5S. The van der Waals surface area contributed by atoms with Gasteiger partial charge in [0.15, 0.2) is 0 Å². The topological polar surface area (TPSA) is 120 Å². The molecule has 0 atom stereocenters. The van der Waals surface area contributed by atoms with Crippen molar-refractivity contribution in [2.75, 3.05) is 44.1 Å². The zero-order valence-electron chi connectivity index (χ0n) is 22.9. The van der Waals surface area contributed by atoms with Gasteiger partial charge in [-0.2, -0.15) is 5.26 Å². The molecule has 1 N–H and O–H groups in total. The molecule has 2 heterocycles. The average Bonchev–Trinajstić information content (AvgIpc) is 3.02. The number of nitrogens with zero attached hydrogens (tertiary/aromatic N) is 3. The van der Waals surface area contributed by atoms with Gasteiger partial charge in [-0.25, -0.2) is 8.42 Å². The van der Waals surface area contributed by atoms with Crippen LogP contribution in [-0.2, 0) is 14.8 Å². The molecule has 0 aromatic heterocycles. The second-order valence-electron chi connectivity index (χ2n) is 10.4. The Hall–Kier alpha value is -4.20. The third-order valence-corrected chi connectivity index (χ3v) is 9.07. The number of hydrogen-bond donors (Lipinski definition) is 1. The van der Waals surface area contributed by atoms with Crippen molar-refractivity contribution in [2.24, 2.45) is 0 Å². The Balaban J connectivity index is 1.27. The molecule has 2 fully saturated rings. The Morgan fingerprint density at radius 2 is 1.51 bits per heavy atom. The summed E-state index contributed by atoms with van der Waals surface area (Å²) in [4.78, 5) is 29.7. The molecule has 0 radical (unpaired) electrons. The van der Waals surface area contributed by atoms with E-state index in [1.54, 1.807) is 47.1 Å². The van der Waals surface area contributed by atoms with Crippen LogP contribution < -0.4 is 4.72 Å². The molecule has 41 heavy (non-hydrogen) atoms. The maximum Gasteiger partial charge on any atom is 0.261 e. The van der Waals surface area contributed by atoms with Crippen molar-refractivity contribution in [3.8, 4) is 6.07 Å². The Bertz CT molecular complexity index is 1580. The maximum atomic E-state index is 13.4. The van der Waals surface area contributed by atoms with Gasteiger partial charge in [0.1, 0.15) is 0 Å². The second-order valence-corrected chi connectivity index (χ2v) is 12.1. The van der Waals surface area contributed by atoms with Crippen LogP contribution in [0.2, 0.25) is 0 Å². The van der Waals surface area contributed by atoms with Crippen LogP contribution >= 0.6 is 0 Å². The van der Waals surface area contributed by atoms with Gasteiger partial charge in [0.25, 0.3) is 21.8 Å². The summed E-state index contributed by atoms with van der Waals surface area (Å²) in [7, 11) is -4.02. The first-order valence-corrected chi connectivity index (χ1v) is 15.1. The first-order chi connectivity index (χ1) is 19.7. The summed E-state index contributed by atoms with van der Waals surface area (Å²) in [6.45, 7) is 4.77. The number of hydrogen-bond acceptors (Lipinski definition) is 6. The molecule has 0 saturated carbocycles. The van der Waals surface area contributed by atoms with Crippen LogP contribution in [-0.4, -0.2) is 69.4 Å². The van der Waals surface area contributed by atoms with Crippen molar-refractivity contribution in [3.05, 3.63) is 94.5 Å². The quantitative estimate of drug-likeness (QED) is 0.474. The number of sulfonamides is 1. The van der Waals surface area contributed by atoms with Crippen LogP contribution in [0.5, 0.6) is 0 Å². The smallest absolute Gasteiger partial charge is 0.261 e. The molecule has 0 unspecified atom stereocenters. The number of anilines is 1. The normalized spacial score (nSPS) is 16.2. The number of likely N-dealkylation sites (tertiary alicyclic amines) is 1. The van der Waals surface area contributed by atoms with Crippen LogP contribution in [0.4, 0.5) is 5.69 Å². The number of carbonyl (C=O) groups is 2. The molecule has 2 amide bonds. The highest BCUT2D eigenvalue weighted by atomic mass is 32.2. The number of rotatable bonds is 6. The lowest BCUT2D eigenvalue weighted by Crippen LogP contribution is -2.40. The summed E-state index contributed by atoms with van der Waals surface area (Å²) in [5.74, 6) is -0.0722. The number of ether oxygens (including phenoxy) is 1. The molecule has 0 spiro atoms. The van der Waals surface area contributed by atoms with Crippen LogP contribution in [0.1, 0.15) is 56.2 Å². The van der Waals surface area contributed by atoms with E-state index in [1.165, 1.54) is 17.7 Å². The first-order valence-electron chi connectivity index (χ1n) is 13.6. The minimum atomic E-state index is -4.02. The van der Waals surface area contributed by atoms with E-state index in [0.29, 0.717) is 73.3 Å². The van der Waals surface area contributed by atoms with Crippen LogP contribution in [0.15, 0.2) is 71.6 Å². The summed E-state index contributed by atoms with van der Waals surface area (Å²) >= 11 is 0. The van der Waals surface area contributed by atoms with Gasteiger partial charge in [0, 0.05) is 37.3 Å². The fraction of sp³-hybridized carbons (Fsp3) is 0.323. The van der Waals surface area contributed by atoms with Crippen LogP contribution in [0, 0.1) is 18.3 Å². The van der Waals surface area contributed by atoms with Crippen molar-refractivity contribution in [2.45, 2.75) is 30.6 Å². The molecule has 2 aliphatic rings. The molecule has 10 heteroatoms. The minimum absolute atomic E-state index is 0.0300. The zero-order chi connectivity index (χ0) is 29.0. The lowest BCUT2D eigenvalue weighted by Gasteiger charge is -2.32. The van der Waals surface area contributed by atoms with E-state index in [-0.39, 0.29) is 16.7 Å². The van der Waals surface area contributed by atoms with E-state index in [2.05, 4.69) is 10.8 Å². The number of carbonyl (C=O) groups excluding carboxylic acids is 2. The van der Waals surface area contributed by atoms with Crippen LogP contribution in [0.25, 0.3) is 0 Å². The molecule has 2 saturated heterocycles. The molecule has 0 bridgehead atoms. The number of benzene rings is 3. The van der Waals surface area contributed by atoms with Gasteiger partial charge in [-0.05, 0) is 79.3 Å². The number of aryl methyl sites for hydroxylation is 1. The summed E-state index contributed by atoms with van der Waals surface area (Å²) in [6.07, 6.45) is 1.62.